The molecule has 0 bridgehead atoms. The minimum absolute atomic E-state index is 0.261. The molecule has 5 nitrogen and oxygen atoms in total. The molecule has 2 atom stereocenters. The van der Waals surface area contributed by atoms with Crippen LogP contribution in [-0.4, -0.2) is 48.7 Å². The van der Waals surface area contributed by atoms with E-state index in [1.165, 1.54) is 0 Å². The SMILES string of the molecule is CC(CC(C)(N)C(N)=O)N1CCOCC1. The van der Waals surface area contributed by atoms with Crippen molar-refractivity contribution >= 4 is 5.91 Å². The van der Waals surface area contributed by atoms with E-state index < -0.39 is 11.4 Å². The molecule has 1 aliphatic rings. The van der Waals surface area contributed by atoms with Crippen LogP contribution < -0.4 is 11.5 Å². The molecule has 1 saturated heterocycles. The Hall–Kier alpha value is -0.650. The highest BCUT2D eigenvalue weighted by molar-refractivity contribution is 5.83. The predicted molar refractivity (Wildman–Crippen MR) is 58.3 cm³/mol. The van der Waals surface area contributed by atoms with E-state index in [-0.39, 0.29) is 6.04 Å². The average Bonchev–Trinajstić information content (AvgIpc) is 2.18. The lowest BCUT2D eigenvalue weighted by Crippen LogP contribution is -2.54. The first-order chi connectivity index (χ1) is 6.93. The quantitative estimate of drug-likeness (QED) is 0.649. The van der Waals surface area contributed by atoms with Crippen molar-refractivity contribution in [1.82, 2.24) is 4.90 Å². The van der Waals surface area contributed by atoms with E-state index in [2.05, 4.69) is 11.8 Å². The van der Waals surface area contributed by atoms with E-state index in [1.807, 2.05) is 0 Å². The van der Waals surface area contributed by atoms with Crippen LogP contribution in [0.2, 0.25) is 0 Å². The molecule has 2 unspecified atom stereocenters. The van der Waals surface area contributed by atoms with Crippen LogP contribution in [0.1, 0.15) is 20.3 Å². The van der Waals surface area contributed by atoms with Gasteiger partial charge in [-0.3, -0.25) is 9.69 Å². The number of carbonyl (C=O) groups is 1. The summed E-state index contributed by atoms with van der Waals surface area (Å²) in [6, 6.07) is 0.261. The largest absolute Gasteiger partial charge is 0.379 e. The molecule has 0 radical (unpaired) electrons. The number of hydrogen-bond acceptors (Lipinski definition) is 4. The van der Waals surface area contributed by atoms with E-state index in [0.29, 0.717) is 6.42 Å². The van der Waals surface area contributed by atoms with E-state index >= 15 is 0 Å². The number of amides is 1. The summed E-state index contributed by atoms with van der Waals surface area (Å²) in [5, 5.41) is 0. The monoisotopic (exact) mass is 215 g/mol. The number of rotatable bonds is 4. The Kier molecular flexibility index (Phi) is 4.07. The molecule has 1 rings (SSSR count). The van der Waals surface area contributed by atoms with Gasteiger partial charge in [-0.05, 0) is 20.3 Å². The molecule has 1 amide bonds. The third-order valence-electron chi connectivity index (χ3n) is 2.95. The van der Waals surface area contributed by atoms with Crippen LogP contribution >= 0.6 is 0 Å². The van der Waals surface area contributed by atoms with Crippen LogP contribution in [0, 0.1) is 0 Å². The minimum atomic E-state index is -0.919. The summed E-state index contributed by atoms with van der Waals surface area (Å²) >= 11 is 0. The summed E-state index contributed by atoms with van der Waals surface area (Å²) < 4.78 is 5.26. The molecule has 0 aromatic rings. The summed E-state index contributed by atoms with van der Waals surface area (Å²) in [6.07, 6.45) is 0.586. The van der Waals surface area contributed by atoms with Crippen molar-refractivity contribution in [1.29, 1.82) is 0 Å². The normalized spacial score (nSPS) is 24.5. The van der Waals surface area contributed by atoms with Crippen molar-refractivity contribution in [3.63, 3.8) is 0 Å². The highest BCUT2D eigenvalue weighted by Crippen LogP contribution is 2.14. The van der Waals surface area contributed by atoms with Crippen LogP contribution in [0.4, 0.5) is 0 Å². The summed E-state index contributed by atoms with van der Waals surface area (Å²) in [5.74, 6) is -0.442. The van der Waals surface area contributed by atoms with Gasteiger partial charge in [-0.2, -0.15) is 0 Å². The number of nitrogens with zero attached hydrogens (tertiary/aromatic N) is 1. The first kappa shape index (κ1) is 12.4. The van der Waals surface area contributed by atoms with E-state index in [0.717, 1.165) is 26.3 Å². The number of primary amides is 1. The number of nitrogens with two attached hydrogens (primary N) is 2. The van der Waals surface area contributed by atoms with Crippen molar-refractivity contribution in [2.45, 2.75) is 31.8 Å². The van der Waals surface area contributed by atoms with Crippen molar-refractivity contribution in [3.05, 3.63) is 0 Å². The Morgan fingerprint density at radius 3 is 2.53 bits per heavy atom. The van der Waals surface area contributed by atoms with Crippen molar-refractivity contribution in [2.24, 2.45) is 11.5 Å². The van der Waals surface area contributed by atoms with E-state index in [4.69, 9.17) is 16.2 Å². The predicted octanol–water partition coefficient (Wildman–Crippen LogP) is -0.700. The number of hydrogen-bond donors (Lipinski definition) is 2. The second-order valence-corrected chi connectivity index (χ2v) is 4.48. The van der Waals surface area contributed by atoms with E-state index in [1.54, 1.807) is 6.92 Å². The van der Waals surface area contributed by atoms with Gasteiger partial charge in [-0.1, -0.05) is 0 Å². The van der Waals surface area contributed by atoms with Crippen molar-refractivity contribution in [3.8, 4) is 0 Å². The van der Waals surface area contributed by atoms with Crippen molar-refractivity contribution in [2.75, 3.05) is 26.3 Å². The van der Waals surface area contributed by atoms with Crippen LogP contribution in [0.5, 0.6) is 0 Å². The zero-order valence-electron chi connectivity index (χ0n) is 9.53. The maximum absolute atomic E-state index is 11.1. The lowest BCUT2D eigenvalue weighted by atomic mass is 9.93. The zero-order valence-corrected chi connectivity index (χ0v) is 9.53. The van der Waals surface area contributed by atoms with Gasteiger partial charge < -0.3 is 16.2 Å². The Morgan fingerprint density at radius 2 is 2.07 bits per heavy atom. The van der Waals surface area contributed by atoms with Gasteiger partial charge in [-0.25, -0.2) is 0 Å². The van der Waals surface area contributed by atoms with Gasteiger partial charge >= 0.3 is 0 Å². The molecule has 1 heterocycles. The maximum Gasteiger partial charge on any atom is 0.237 e. The molecular weight excluding hydrogens is 194 g/mol. The smallest absolute Gasteiger partial charge is 0.237 e. The van der Waals surface area contributed by atoms with Crippen LogP contribution in [0.3, 0.4) is 0 Å². The highest BCUT2D eigenvalue weighted by atomic mass is 16.5. The summed E-state index contributed by atoms with van der Waals surface area (Å²) in [6.45, 7) is 7.06. The molecular formula is C10H21N3O2. The lowest BCUT2D eigenvalue weighted by Gasteiger charge is -2.35. The van der Waals surface area contributed by atoms with Crippen molar-refractivity contribution < 1.29 is 9.53 Å². The summed E-state index contributed by atoms with van der Waals surface area (Å²) in [7, 11) is 0. The van der Waals surface area contributed by atoms with Gasteiger partial charge in [0.2, 0.25) is 5.91 Å². The molecule has 0 aromatic heterocycles. The Labute approximate surface area is 90.7 Å². The molecule has 0 aromatic carbocycles. The average molecular weight is 215 g/mol. The second kappa shape index (κ2) is 4.92. The molecule has 5 heteroatoms. The first-order valence-corrected chi connectivity index (χ1v) is 5.34. The maximum atomic E-state index is 11.1. The van der Waals surface area contributed by atoms with E-state index in [9.17, 15) is 4.79 Å². The van der Waals surface area contributed by atoms with Gasteiger partial charge in [0.1, 0.15) is 0 Å². The summed E-state index contributed by atoms with van der Waals surface area (Å²) in [4.78, 5) is 13.4. The van der Waals surface area contributed by atoms with Gasteiger partial charge in [0.05, 0.1) is 18.8 Å². The third kappa shape index (κ3) is 3.44. The molecule has 0 aliphatic carbocycles. The van der Waals surface area contributed by atoms with Gasteiger partial charge in [-0.15, -0.1) is 0 Å². The first-order valence-electron chi connectivity index (χ1n) is 5.34. The van der Waals surface area contributed by atoms with Gasteiger partial charge in [0, 0.05) is 19.1 Å². The van der Waals surface area contributed by atoms with Gasteiger partial charge in [0.15, 0.2) is 0 Å². The zero-order chi connectivity index (χ0) is 11.5. The Morgan fingerprint density at radius 1 is 1.53 bits per heavy atom. The fourth-order valence-corrected chi connectivity index (χ4v) is 1.86. The Balaban J connectivity index is 2.46. The topological polar surface area (TPSA) is 81.6 Å². The second-order valence-electron chi connectivity index (χ2n) is 4.48. The van der Waals surface area contributed by atoms with Crippen LogP contribution in [0.25, 0.3) is 0 Å². The molecule has 4 N–H and O–H groups in total. The molecule has 0 saturated carbocycles. The Bertz CT molecular complexity index is 225. The summed E-state index contributed by atoms with van der Waals surface area (Å²) in [5.41, 5.74) is 10.2. The molecule has 15 heavy (non-hydrogen) atoms. The standard InChI is InChI=1S/C10H21N3O2/c1-8(7-10(2,12)9(11)14)13-3-5-15-6-4-13/h8H,3-7,12H2,1-2H3,(H2,11,14). The van der Waals surface area contributed by atoms with Crippen LogP contribution in [-0.2, 0) is 9.53 Å². The molecule has 1 fully saturated rings. The molecule has 88 valence electrons. The third-order valence-corrected chi connectivity index (χ3v) is 2.95. The van der Waals surface area contributed by atoms with Crippen LogP contribution in [0.15, 0.2) is 0 Å². The number of carbonyl (C=O) groups excluding carboxylic acids is 1. The highest BCUT2D eigenvalue weighted by Gasteiger charge is 2.30. The number of morpholine rings is 1. The minimum Gasteiger partial charge on any atom is -0.379 e. The molecule has 1 aliphatic heterocycles. The fraction of sp³-hybridized carbons (Fsp3) is 0.900. The molecule has 0 spiro atoms. The fourth-order valence-electron chi connectivity index (χ4n) is 1.86. The number of ether oxygens (including phenoxy) is 1. The lowest BCUT2D eigenvalue weighted by molar-refractivity contribution is -0.123. The van der Waals surface area contributed by atoms with Gasteiger partial charge in [0.25, 0.3) is 0 Å².